The van der Waals surface area contributed by atoms with Gasteiger partial charge in [-0.15, -0.1) is 6.58 Å². The number of carboxylic acids is 1. The fourth-order valence-corrected chi connectivity index (χ4v) is 3.74. The summed E-state index contributed by atoms with van der Waals surface area (Å²) >= 11 is 2.95. The first-order chi connectivity index (χ1) is 8.78. The standard InChI is InChI=1S/C11H11BrFNO4S/c1-2-5-14(7-11(15)16)19(17,18)10-4-3-8(13)6-9(10)12/h2-4,6H,1,5,7H2,(H,15,16). The van der Waals surface area contributed by atoms with Crippen molar-refractivity contribution in [3.63, 3.8) is 0 Å². The predicted octanol–water partition coefficient (Wildman–Crippen LogP) is 1.85. The molecule has 0 saturated carbocycles. The zero-order valence-electron chi connectivity index (χ0n) is 9.71. The van der Waals surface area contributed by atoms with Crippen LogP contribution in [-0.4, -0.2) is 36.9 Å². The van der Waals surface area contributed by atoms with E-state index in [2.05, 4.69) is 22.5 Å². The van der Waals surface area contributed by atoms with Gasteiger partial charge in [0.2, 0.25) is 10.0 Å². The first kappa shape index (κ1) is 15.8. The molecule has 1 N–H and O–H groups in total. The minimum Gasteiger partial charge on any atom is -0.480 e. The summed E-state index contributed by atoms with van der Waals surface area (Å²) in [6, 6.07) is 3.07. The first-order valence-corrected chi connectivity index (χ1v) is 7.30. The fraction of sp³-hybridized carbons (Fsp3) is 0.182. The van der Waals surface area contributed by atoms with E-state index in [1.165, 1.54) is 6.08 Å². The summed E-state index contributed by atoms with van der Waals surface area (Å²) in [7, 11) is -4.04. The molecule has 1 aromatic carbocycles. The first-order valence-electron chi connectivity index (χ1n) is 5.07. The van der Waals surface area contributed by atoms with Crippen LogP contribution in [0.2, 0.25) is 0 Å². The molecule has 1 rings (SSSR count). The van der Waals surface area contributed by atoms with E-state index in [1.807, 2.05) is 0 Å². The van der Waals surface area contributed by atoms with Crippen molar-refractivity contribution in [2.75, 3.05) is 13.1 Å². The molecule has 0 amide bonds. The monoisotopic (exact) mass is 351 g/mol. The minimum absolute atomic E-state index is 0.0342. The summed E-state index contributed by atoms with van der Waals surface area (Å²) < 4.78 is 38.2. The van der Waals surface area contributed by atoms with E-state index in [-0.39, 0.29) is 15.9 Å². The van der Waals surface area contributed by atoms with E-state index in [1.54, 1.807) is 0 Å². The number of nitrogens with zero attached hydrogens (tertiary/aromatic N) is 1. The maximum Gasteiger partial charge on any atom is 0.318 e. The topological polar surface area (TPSA) is 74.7 Å². The van der Waals surface area contributed by atoms with Crippen LogP contribution in [0.15, 0.2) is 40.2 Å². The Morgan fingerprint density at radius 2 is 2.16 bits per heavy atom. The number of benzene rings is 1. The van der Waals surface area contributed by atoms with Crippen molar-refractivity contribution in [2.45, 2.75) is 4.90 Å². The molecule has 0 fully saturated rings. The van der Waals surface area contributed by atoms with Crippen LogP contribution in [0.5, 0.6) is 0 Å². The molecule has 5 nitrogen and oxygen atoms in total. The van der Waals surface area contributed by atoms with Crippen LogP contribution >= 0.6 is 15.9 Å². The summed E-state index contributed by atoms with van der Waals surface area (Å²) in [6.07, 6.45) is 1.28. The largest absolute Gasteiger partial charge is 0.480 e. The SMILES string of the molecule is C=CCN(CC(=O)O)S(=O)(=O)c1ccc(F)cc1Br. The van der Waals surface area contributed by atoms with Gasteiger partial charge >= 0.3 is 5.97 Å². The number of hydrogen-bond donors (Lipinski definition) is 1. The zero-order valence-corrected chi connectivity index (χ0v) is 12.1. The highest BCUT2D eigenvalue weighted by Crippen LogP contribution is 2.25. The molecule has 0 saturated heterocycles. The van der Waals surface area contributed by atoms with Gasteiger partial charge in [0.05, 0.1) is 4.90 Å². The Morgan fingerprint density at radius 3 is 2.63 bits per heavy atom. The van der Waals surface area contributed by atoms with E-state index in [4.69, 9.17) is 5.11 Å². The van der Waals surface area contributed by atoms with Gasteiger partial charge in [0, 0.05) is 11.0 Å². The van der Waals surface area contributed by atoms with Crippen molar-refractivity contribution in [3.05, 3.63) is 41.1 Å². The molecule has 0 bridgehead atoms. The van der Waals surface area contributed by atoms with E-state index < -0.39 is 28.4 Å². The zero-order chi connectivity index (χ0) is 14.6. The highest BCUT2D eigenvalue weighted by molar-refractivity contribution is 9.10. The Hall–Kier alpha value is -1.25. The Labute approximate surface area is 118 Å². The second-order valence-corrected chi connectivity index (χ2v) is 6.32. The van der Waals surface area contributed by atoms with Crippen molar-refractivity contribution >= 4 is 31.9 Å². The average molecular weight is 352 g/mol. The summed E-state index contributed by atoms with van der Waals surface area (Å²) in [5, 5.41) is 8.72. The predicted molar refractivity (Wildman–Crippen MR) is 70.7 cm³/mol. The van der Waals surface area contributed by atoms with E-state index >= 15 is 0 Å². The molecule has 1 aromatic rings. The van der Waals surface area contributed by atoms with Crippen LogP contribution in [-0.2, 0) is 14.8 Å². The van der Waals surface area contributed by atoms with Crippen LogP contribution in [0.1, 0.15) is 0 Å². The number of rotatable bonds is 6. The summed E-state index contributed by atoms with van der Waals surface area (Å²) in [5.41, 5.74) is 0. The molecule has 8 heteroatoms. The van der Waals surface area contributed by atoms with Gasteiger partial charge in [-0.2, -0.15) is 4.31 Å². The van der Waals surface area contributed by atoms with Crippen LogP contribution in [0, 0.1) is 5.82 Å². The van der Waals surface area contributed by atoms with E-state index in [0.29, 0.717) is 0 Å². The highest BCUT2D eigenvalue weighted by Gasteiger charge is 2.27. The molecule has 0 unspecified atom stereocenters. The maximum absolute atomic E-state index is 12.9. The van der Waals surface area contributed by atoms with Gasteiger partial charge in [0.25, 0.3) is 0 Å². The lowest BCUT2D eigenvalue weighted by Gasteiger charge is -2.19. The Kier molecular flexibility index (Phi) is 5.21. The number of sulfonamides is 1. The van der Waals surface area contributed by atoms with Gasteiger partial charge in [-0.25, -0.2) is 12.8 Å². The van der Waals surface area contributed by atoms with Gasteiger partial charge in [-0.3, -0.25) is 4.79 Å². The molecule has 0 heterocycles. The molecule has 0 spiro atoms. The highest BCUT2D eigenvalue weighted by atomic mass is 79.9. The Bertz CT molecular complexity index is 603. The van der Waals surface area contributed by atoms with Gasteiger partial charge in [0.15, 0.2) is 0 Å². The number of carbonyl (C=O) groups is 1. The molecule has 0 radical (unpaired) electrons. The second-order valence-electron chi connectivity index (χ2n) is 3.55. The van der Waals surface area contributed by atoms with Crippen molar-refractivity contribution in [1.82, 2.24) is 4.31 Å². The third kappa shape index (κ3) is 3.85. The smallest absolute Gasteiger partial charge is 0.318 e. The maximum atomic E-state index is 12.9. The van der Waals surface area contributed by atoms with Crippen LogP contribution < -0.4 is 0 Å². The second kappa shape index (κ2) is 6.27. The van der Waals surface area contributed by atoms with Crippen molar-refractivity contribution in [1.29, 1.82) is 0 Å². The van der Waals surface area contributed by atoms with Gasteiger partial charge in [-0.1, -0.05) is 6.08 Å². The van der Waals surface area contributed by atoms with Crippen molar-refractivity contribution < 1.29 is 22.7 Å². The average Bonchev–Trinajstić information content (AvgIpc) is 2.27. The number of carboxylic acid groups (broad SMARTS) is 1. The van der Waals surface area contributed by atoms with Gasteiger partial charge in [-0.05, 0) is 34.1 Å². The summed E-state index contributed by atoms with van der Waals surface area (Å²) in [6.45, 7) is 2.53. The number of hydrogen-bond acceptors (Lipinski definition) is 3. The molecule has 0 aliphatic carbocycles. The fourth-order valence-electron chi connectivity index (χ4n) is 1.37. The quantitative estimate of drug-likeness (QED) is 0.793. The van der Waals surface area contributed by atoms with Crippen LogP contribution in [0.25, 0.3) is 0 Å². The van der Waals surface area contributed by atoms with Crippen molar-refractivity contribution in [2.24, 2.45) is 0 Å². The minimum atomic E-state index is -4.04. The lowest BCUT2D eigenvalue weighted by molar-refractivity contribution is -0.137. The summed E-state index contributed by atoms with van der Waals surface area (Å²) in [5.74, 6) is -1.89. The molecule has 0 aromatic heterocycles. The number of aliphatic carboxylic acids is 1. The van der Waals surface area contributed by atoms with Gasteiger partial charge in [0.1, 0.15) is 12.4 Å². The molecule has 0 aliphatic rings. The lowest BCUT2D eigenvalue weighted by Crippen LogP contribution is -2.36. The molecular formula is C11H11BrFNO4S. The van der Waals surface area contributed by atoms with E-state index in [0.717, 1.165) is 22.5 Å². The number of halogens is 2. The third-order valence-electron chi connectivity index (χ3n) is 2.16. The molecule has 0 aliphatic heterocycles. The van der Waals surface area contributed by atoms with Crippen molar-refractivity contribution in [3.8, 4) is 0 Å². The summed E-state index contributed by atoms with van der Waals surface area (Å²) in [4.78, 5) is 10.5. The van der Waals surface area contributed by atoms with Crippen LogP contribution in [0.3, 0.4) is 0 Å². The van der Waals surface area contributed by atoms with Crippen LogP contribution in [0.4, 0.5) is 4.39 Å². The molecule has 104 valence electrons. The Balaban J connectivity index is 3.25. The molecular weight excluding hydrogens is 341 g/mol. The van der Waals surface area contributed by atoms with Gasteiger partial charge < -0.3 is 5.11 Å². The van der Waals surface area contributed by atoms with E-state index in [9.17, 15) is 17.6 Å². The third-order valence-corrected chi connectivity index (χ3v) is 4.94. The normalized spacial score (nSPS) is 11.5. The molecule has 19 heavy (non-hydrogen) atoms. The molecule has 0 atom stereocenters. The Morgan fingerprint density at radius 1 is 1.53 bits per heavy atom. The lowest BCUT2D eigenvalue weighted by atomic mass is 10.3.